The highest BCUT2D eigenvalue weighted by Crippen LogP contribution is 2.26. The number of aliphatic hydroxyl groups is 1. The van der Waals surface area contributed by atoms with Gasteiger partial charge in [-0.2, -0.15) is 0 Å². The number of aliphatic hydroxyl groups excluding tert-OH is 1. The largest absolute Gasteiger partial charge is 0.471 e. The second kappa shape index (κ2) is 19.6. The topological polar surface area (TPSA) is 101 Å². The summed E-state index contributed by atoms with van der Waals surface area (Å²) in [5.74, 6) is 1.57. The van der Waals surface area contributed by atoms with Gasteiger partial charge in [0, 0.05) is 26.5 Å². The van der Waals surface area contributed by atoms with E-state index in [-0.39, 0.29) is 0 Å². The molecule has 8 nitrogen and oxygen atoms in total. The Balaban J connectivity index is 0.000000338. The monoisotopic (exact) mass is 517 g/mol. The van der Waals surface area contributed by atoms with Crippen LogP contribution in [-0.4, -0.2) is 59.4 Å². The van der Waals surface area contributed by atoms with Gasteiger partial charge in [0.05, 0.1) is 24.9 Å². The van der Waals surface area contributed by atoms with Gasteiger partial charge in [0.1, 0.15) is 12.0 Å². The van der Waals surface area contributed by atoms with Crippen LogP contribution in [0.5, 0.6) is 0 Å². The second-order valence-electron chi connectivity index (χ2n) is 8.38. The van der Waals surface area contributed by atoms with Crippen LogP contribution in [0.25, 0.3) is 0 Å². The molecule has 2 heterocycles. The lowest BCUT2D eigenvalue weighted by molar-refractivity contribution is 0.195. The van der Waals surface area contributed by atoms with Crippen LogP contribution in [-0.2, 0) is 16.0 Å². The van der Waals surface area contributed by atoms with E-state index in [1.165, 1.54) is 18.4 Å². The zero-order chi connectivity index (χ0) is 26.6. The van der Waals surface area contributed by atoms with Crippen LogP contribution >= 0.6 is 12.2 Å². The number of aryl methyl sites for hydroxylation is 1. The van der Waals surface area contributed by atoms with Gasteiger partial charge >= 0.3 is 0 Å². The number of nitrogens with one attached hydrogen (secondary N) is 2. The van der Waals surface area contributed by atoms with Gasteiger partial charge in [0.15, 0.2) is 5.82 Å². The summed E-state index contributed by atoms with van der Waals surface area (Å²) in [6.07, 6.45) is 7.83. The average molecular weight is 518 g/mol. The Bertz CT molecular complexity index is 877. The molecule has 1 saturated heterocycles. The van der Waals surface area contributed by atoms with Gasteiger partial charge in [-0.1, -0.05) is 50.6 Å². The summed E-state index contributed by atoms with van der Waals surface area (Å²) in [6, 6.07) is 10.5. The van der Waals surface area contributed by atoms with Crippen LogP contribution < -0.4 is 10.6 Å². The van der Waals surface area contributed by atoms with Crippen molar-refractivity contribution < 1.29 is 14.6 Å². The molecule has 2 atom stereocenters. The van der Waals surface area contributed by atoms with Gasteiger partial charge < -0.3 is 25.2 Å². The number of hydrogen-bond acceptors (Lipinski definition) is 8. The van der Waals surface area contributed by atoms with Gasteiger partial charge in [-0.05, 0) is 56.8 Å². The number of ether oxygens (including phenoxy) is 2. The van der Waals surface area contributed by atoms with E-state index < -0.39 is 0 Å². The SMILES string of the molecule is CC=Nc1c(C)ncnc1N[C@@H]1CCOC1.CCC(C)CCCOC(=S)NCc1ccccc1.CO. The molecule has 1 unspecified atom stereocenters. The van der Waals surface area contributed by atoms with Gasteiger partial charge in [0.2, 0.25) is 0 Å². The fraction of sp³-hybridized carbons (Fsp3) is 0.556. The highest BCUT2D eigenvalue weighted by atomic mass is 32.1. The molecule has 0 bridgehead atoms. The quantitative estimate of drug-likeness (QED) is 0.224. The first kappa shape index (κ1) is 31.4. The van der Waals surface area contributed by atoms with Crippen molar-refractivity contribution >= 4 is 35.1 Å². The first-order chi connectivity index (χ1) is 17.5. The maximum Gasteiger partial charge on any atom is 0.256 e. The van der Waals surface area contributed by atoms with Crippen molar-refractivity contribution in [2.75, 3.05) is 32.2 Å². The third-order valence-electron chi connectivity index (χ3n) is 5.58. The summed E-state index contributed by atoms with van der Waals surface area (Å²) < 4.78 is 10.8. The third-order valence-corrected chi connectivity index (χ3v) is 5.85. The van der Waals surface area contributed by atoms with Crippen molar-refractivity contribution in [2.45, 2.75) is 66.0 Å². The number of benzene rings is 1. The molecule has 1 aliphatic rings. The summed E-state index contributed by atoms with van der Waals surface area (Å²) in [5.41, 5.74) is 2.91. The predicted molar refractivity (Wildman–Crippen MR) is 152 cm³/mol. The van der Waals surface area contributed by atoms with Gasteiger partial charge in [-0.25, -0.2) is 9.97 Å². The molecule has 0 radical (unpaired) electrons. The zero-order valence-corrected chi connectivity index (χ0v) is 23.2. The van der Waals surface area contributed by atoms with E-state index >= 15 is 0 Å². The van der Waals surface area contributed by atoms with Gasteiger partial charge in [-0.3, -0.25) is 4.99 Å². The van der Waals surface area contributed by atoms with Crippen LogP contribution in [0.3, 0.4) is 0 Å². The molecule has 200 valence electrons. The number of aromatic nitrogens is 2. The average Bonchev–Trinajstić information content (AvgIpc) is 3.42. The minimum Gasteiger partial charge on any atom is -0.471 e. The van der Waals surface area contributed by atoms with E-state index in [1.54, 1.807) is 12.5 Å². The smallest absolute Gasteiger partial charge is 0.256 e. The van der Waals surface area contributed by atoms with Gasteiger partial charge in [-0.15, -0.1) is 0 Å². The van der Waals surface area contributed by atoms with E-state index in [2.05, 4.69) is 51.6 Å². The molecule has 1 aromatic heterocycles. The molecule has 0 aliphatic carbocycles. The highest BCUT2D eigenvalue weighted by molar-refractivity contribution is 7.80. The summed E-state index contributed by atoms with van der Waals surface area (Å²) in [5, 5.41) is 14.0. The standard InChI is InChI=1S/C15H23NOS.C11H16N4O.CH4O/c1-3-13(2)8-7-11-17-15(18)16-12-14-9-5-4-6-10-14;1-3-12-10-8(2)13-7-14-11(10)15-9-4-5-16-6-9;1-2/h4-6,9-10,13H,3,7-8,11-12H2,1-2H3,(H,16,18);3,7,9H,4-6H2,1-2H3,(H,13,14,15);2H,1H3/t;9-;/m.1./s1. The Labute approximate surface area is 222 Å². The van der Waals surface area contributed by atoms with E-state index in [0.717, 1.165) is 62.8 Å². The fourth-order valence-corrected chi connectivity index (χ4v) is 3.48. The molecule has 3 rings (SSSR count). The van der Waals surface area contributed by atoms with Crippen molar-refractivity contribution in [1.29, 1.82) is 0 Å². The molecule has 1 fully saturated rings. The molecule has 9 heteroatoms. The van der Waals surface area contributed by atoms with Crippen molar-refractivity contribution in [1.82, 2.24) is 15.3 Å². The lowest BCUT2D eigenvalue weighted by Gasteiger charge is -2.13. The second-order valence-corrected chi connectivity index (χ2v) is 8.75. The summed E-state index contributed by atoms with van der Waals surface area (Å²) >= 11 is 5.13. The van der Waals surface area contributed by atoms with Crippen LogP contribution in [0.2, 0.25) is 0 Å². The minimum atomic E-state index is 0.333. The lowest BCUT2D eigenvalue weighted by atomic mass is 10.0. The van der Waals surface area contributed by atoms with Gasteiger partial charge in [0.25, 0.3) is 5.17 Å². The van der Waals surface area contributed by atoms with Crippen molar-refractivity contribution in [2.24, 2.45) is 10.9 Å². The molecule has 0 saturated carbocycles. The third kappa shape index (κ3) is 12.9. The van der Waals surface area contributed by atoms with E-state index in [1.807, 2.05) is 32.0 Å². The maximum atomic E-state index is 7.00. The zero-order valence-electron chi connectivity index (χ0n) is 22.4. The number of anilines is 1. The Morgan fingerprint density at radius 3 is 2.69 bits per heavy atom. The Kier molecular flexibility index (Phi) is 17.1. The van der Waals surface area contributed by atoms with Crippen molar-refractivity contribution in [3.8, 4) is 0 Å². The number of aliphatic imine (C=N–C) groups is 1. The lowest BCUT2D eigenvalue weighted by Crippen LogP contribution is -2.23. The van der Waals surface area contributed by atoms with Crippen LogP contribution in [0, 0.1) is 12.8 Å². The Morgan fingerprint density at radius 1 is 1.31 bits per heavy atom. The van der Waals surface area contributed by atoms with E-state index in [9.17, 15) is 0 Å². The van der Waals surface area contributed by atoms with Crippen molar-refractivity contribution in [3.05, 3.63) is 47.9 Å². The fourth-order valence-electron chi connectivity index (χ4n) is 3.32. The van der Waals surface area contributed by atoms with Crippen LogP contribution in [0.4, 0.5) is 11.5 Å². The first-order valence-corrected chi connectivity index (χ1v) is 13.0. The molecule has 0 spiro atoms. The van der Waals surface area contributed by atoms with E-state index in [4.69, 9.17) is 26.8 Å². The van der Waals surface area contributed by atoms with Crippen LogP contribution in [0.15, 0.2) is 41.7 Å². The maximum absolute atomic E-state index is 7.00. The molecule has 36 heavy (non-hydrogen) atoms. The number of nitrogens with zero attached hydrogens (tertiary/aromatic N) is 3. The number of rotatable bonds is 10. The molecular weight excluding hydrogens is 474 g/mol. The Morgan fingerprint density at radius 2 is 2.06 bits per heavy atom. The summed E-state index contributed by atoms with van der Waals surface area (Å²) in [7, 11) is 1.00. The van der Waals surface area contributed by atoms with Crippen molar-refractivity contribution in [3.63, 3.8) is 0 Å². The summed E-state index contributed by atoms with van der Waals surface area (Å²) in [6.45, 7) is 11.3. The molecule has 1 aliphatic heterocycles. The predicted octanol–water partition coefficient (Wildman–Crippen LogP) is 5.22. The number of thiocarbonyl (C=S) groups is 1. The Hall–Kier alpha value is -2.62. The summed E-state index contributed by atoms with van der Waals surface area (Å²) in [4.78, 5) is 12.7. The van der Waals surface area contributed by atoms with E-state index in [0.29, 0.717) is 17.8 Å². The first-order valence-electron chi connectivity index (χ1n) is 12.6. The molecule has 2 aromatic rings. The minimum absolute atomic E-state index is 0.333. The normalized spacial score (nSPS) is 15.2. The highest BCUT2D eigenvalue weighted by Gasteiger charge is 2.17. The molecule has 1 aromatic carbocycles. The number of hydrogen-bond donors (Lipinski definition) is 3. The molecule has 0 amide bonds. The molecule has 3 N–H and O–H groups in total. The van der Waals surface area contributed by atoms with Crippen LogP contribution in [0.1, 0.15) is 57.7 Å². The molecular formula is C27H43N5O3S.